The monoisotopic (exact) mass is 1080 g/mol. The fourth-order valence-corrected chi connectivity index (χ4v) is 9.68. The van der Waals surface area contributed by atoms with Crippen molar-refractivity contribution in [1.29, 1.82) is 0 Å². The predicted octanol–water partition coefficient (Wildman–Crippen LogP) is 19.8. The molecule has 1 amide bonds. The van der Waals surface area contributed by atoms with E-state index in [0.29, 0.717) is 23.9 Å². The Kier molecular flexibility index (Phi) is 55.2. The van der Waals surface area contributed by atoms with Gasteiger partial charge in [-0.2, -0.15) is 0 Å². The number of nitrogens with zero attached hydrogens (tertiary/aromatic N) is 1. The van der Waals surface area contributed by atoms with Crippen molar-refractivity contribution >= 4 is 13.7 Å². The van der Waals surface area contributed by atoms with Crippen LogP contribution >= 0.6 is 7.82 Å². The van der Waals surface area contributed by atoms with Crippen molar-refractivity contribution in [2.45, 2.75) is 283 Å². The van der Waals surface area contributed by atoms with Crippen LogP contribution in [0.2, 0.25) is 0 Å². The third-order valence-electron chi connectivity index (χ3n) is 13.8. The number of nitrogens with one attached hydrogen (secondary N) is 1. The highest BCUT2D eigenvalue weighted by Crippen LogP contribution is 2.43. The molecule has 0 aromatic heterocycles. The molecule has 0 saturated heterocycles. The van der Waals surface area contributed by atoms with Crippen molar-refractivity contribution in [3.8, 4) is 0 Å². The molecule has 440 valence electrons. The molecule has 3 atom stereocenters. The van der Waals surface area contributed by atoms with Crippen molar-refractivity contribution < 1.29 is 32.9 Å². The van der Waals surface area contributed by atoms with Gasteiger partial charge in [-0.05, 0) is 77.0 Å². The van der Waals surface area contributed by atoms with E-state index in [4.69, 9.17) is 9.05 Å². The second-order valence-electron chi connectivity index (χ2n) is 22.4. The van der Waals surface area contributed by atoms with Gasteiger partial charge in [0.05, 0.1) is 39.9 Å². The van der Waals surface area contributed by atoms with Crippen LogP contribution in [0.25, 0.3) is 0 Å². The van der Waals surface area contributed by atoms with E-state index in [0.717, 1.165) is 89.9 Å². The summed E-state index contributed by atoms with van der Waals surface area (Å²) < 4.78 is 23.8. The SMILES string of the molecule is CC/C=C\C/C=C\C/C=C\C/C=C\C/C=C\C/C=C\C/C=C\C/C=C\CCCCCCCCCCCCCCC(=O)NC(COP(=O)(O)OCC[N+](C)(C)C)C(O)CCCCCCCCCCCCCCCCCCC. The number of unbranched alkanes of at least 4 members (excludes halogenated alkanes) is 28. The molecule has 0 radical (unpaired) electrons. The summed E-state index contributed by atoms with van der Waals surface area (Å²) in [5, 5.41) is 14.1. The number of aliphatic hydroxyl groups is 1. The maximum Gasteiger partial charge on any atom is 0.472 e. The molecule has 0 rings (SSSR count). The Bertz CT molecular complexity index is 1560. The van der Waals surface area contributed by atoms with Crippen molar-refractivity contribution in [2.24, 2.45) is 0 Å². The molecule has 0 aliphatic rings. The molecule has 0 spiro atoms. The van der Waals surface area contributed by atoms with Crippen LogP contribution in [0.15, 0.2) is 97.2 Å². The van der Waals surface area contributed by atoms with Crippen molar-refractivity contribution in [3.63, 3.8) is 0 Å². The molecule has 0 aromatic rings. The lowest BCUT2D eigenvalue weighted by Gasteiger charge is -2.26. The quantitative estimate of drug-likeness (QED) is 0.0243. The summed E-state index contributed by atoms with van der Waals surface area (Å²) in [6, 6.07) is -0.767. The maximum absolute atomic E-state index is 13.0. The molecule has 0 fully saturated rings. The zero-order valence-electron chi connectivity index (χ0n) is 50.2. The largest absolute Gasteiger partial charge is 0.472 e. The average molecular weight is 1080 g/mol. The van der Waals surface area contributed by atoms with Gasteiger partial charge in [-0.15, -0.1) is 0 Å². The number of phosphoric acid groups is 1. The Labute approximate surface area is 470 Å². The fourth-order valence-electron chi connectivity index (χ4n) is 8.95. The van der Waals surface area contributed by atoms with E-state index < -0.39 is 20.0 Å². The zero-order chi connectivity index (χ0) is 55.6. The lowest BCUT2D eigenvalue weighted by atomic mass is 10.0. The first-order valence-corrected chi connectivity index (χ1v) is 33.1. The van der Waals surface area contributed by atoms with Crippen LogP contribution in [0.5, 0.6) is 0 Å². The topological polar surface area (TPSA) is 105 Å². The van der Waals surface area contributed by atoms with Crippen LogP contribution in [0, 0.1) is 0 Å². The lowest BCUT2D eigenvalue weighted by molar-refractivity contribution is -0.870. The normalized spacial score (nSPS) is 14.5. The molecule has 0 saturated carbocycles. The number of amides is 1. The van der Waals surface area contributed by atoms with E-state index in [-0.39, 0.29) is 19.1 Å². The molecule has 8 nitrogen and oxygen atoms in total. The minimum absolute atomic E-state index is 0.0714. The van der Waals surface area contributed by atoms with Crippen LogP contribution < -0.4 is 5.32 Å². The molecule has 76 heavy (non-hydrogen) atoms. The molecule has 3 unspecified atom stereocenters. The fraction of sp³-hybridized carbons (Fsp3) is 0.746. The zero-order valence-corrected chi connectivity index (χ0v) is 51.1. The predicted molar refractivity (Wildman–Crippen MR) is 332 cm³/mol. The summed E-state index contributed by atoms with van der Waals surface area (Å²) in [5.41, 5.74) is 0. The molecule has 0 aromatic carbocycles. The smallest absolute Gasteiger partial charge is 0.391 e. The van der Waals surface area contributed by atoms with E-state index in [1.165, 1.54) is 154 Å². The highest BCUT2D eigenvalue weighted by atomic mass is 31.2. The first-order valence-electron chi connectivity index (χ1n) is 31.6. The Morgan fingerprint density at radius 3 is 1.16 bits per heavy atom. The second-order valence-corrected chi connectivity index (χ2v) is 23.9. The number of phosphoric ester groups is 1. The van der Waals surface area contributed by atoms with Gasteiger partial charge in [-0.1, -0.05) is 284 Å². The van der Waals surface area contributed by atoms with Crippen LogP contribution in [-0.4, -0.2) is 73.4 Å². The van der Waals surface area contributed by atoms with E-state index in [1.807, 2.05) is 21.1 Å². The number of carbonyl (C=O) groups is 1. The molecule has 9 heteroatoms. The van der Waals surface area contributed by atoms with Crippen LogP contribution in [-0.2, 0) is 18.4 Å². The minimum Gasteiger partial charge on any atom is -0.391 e. The Morgan fingerprint density at radius 1 is 0.461 bits per heavy atom. The lowest BCUT2D eigenvalue weighted by Crippen LogP contribution is -2.46. The summed E-state index contributed by atoms with van der Waals surface area (Å²) in [7, 11) is 1.61. The van der Waals surface area contributed by atoms with Crippen molar-refractivity contribution in [3.05, 3.63) is 97.2 Å². The highest BCUT2D eigenvalue weighted by molar-refractivity contribution is 7.47. The first kappa shape index (κ1) is 73.4. The number of rotatable bonds is 57. The van der Waals surface area contributed by atoms with Gasteiger partial charge in [0.15, 0.2) is 0 Å². The first-order chi connectivity index (χ1) is 37.0. The van der Waals surface area contributed by atoms with Crippen LogP contribution in [0.3, 0.4) is 0 Å². The van der Waals surface area contributed by atoms with Gasteiger partial charge in [0, 0.05) is 6.42 Å². The molecular weight excluding hydrogens is 960 g/mol. The van der Waals surface area contributed by atoms with Gasteiger partial charge in [0.2, 0.25) is 5.91 Å². The van der Waals surface area contributed by atoms with Crippen molar-refractivity contribution in [1.82, 2.24) is 5.32 Å². The van der Waals surface area contributed by atoms with E-state index >= 15 is 0 Å². The molecule has 0 aliphatic heterocycles. The van der Waals surface area contributed by atoms with Gasteiger partial charge in [0.1, 0.15) is 13.2 Å². The summed E-state index contributed by atoms with van der Waals surface area (Å²) in [6.07, 6.45) is 81.9. The Morgan fingerprint density at radius 2 is 0.789 bits per heavy atom. The number of quaternary nitrogens is 1. The number of carbonyl (C=O) groups excluding carboxylic acids is 1. The molecule has 0 bridgehead atoms. The number of aliphatic hydroxyl groups excluding tert-OH is 1. The van der Waals surface area contributed by atoms with Crippen molar-refractivity contribution in [2.75, 3.05) is 40.9 Å². The van der Waals surface area contributed by atoms with E-state index in [1.54, 1.807) is 0 Å². The molecular formula is C67H122N2O6P+. The summed E-state index contributed by atoms with van der Waals surface area (Å²) >= 11 is 0. The molecule has 0 heterocycles. The summed E-state index contributed by atoms with van der Waals surface area (Å²) in [6.45, 7) is 4.79. The Hall–Kier alpha value is -2.58. The maximum atomic E-state index is 13.0. The van der Waals surface area contributed by atoms with Crippen LogP contribution in [0.1, 0.15) is 271 Å². The third kappa shape index (κ3) is 59.1. The second kappa shape index (κ2) is 57.1. The highest BCUT2D eigenvalue weighted by Gasteiger charge is 2.28. The minimum atomic E-state index is -4.33. The van der Waals surface area contributed by atoms with Gasteiger partial charge in [0.25, 0.3) is 0 Å². The van der Waals surface area contributed by atoms with Gasteiger partial charge in [-0.3, -0.25) is 13.8 Å². The summed E-state index contributed by atoms with van der Waals surface area (Å²) in [4.78, 5) is 23.4. The number of hydrogen-bond acceptors (Lipinski definition) is 5. The molecule has 3 N–H and O–H groups in total. The van der Waals surface area contributed by atoms with Gasteiger partial charge >= 0.3 is 7.82 Å². The number of allylic oxidation sites excluding steroid dienone is 16. The van der Waals surface area contributed by atoms with Gasteiger partial charge < -0.3 is 19.8 Å². The number of hydrogen-bond donors (Lipinski definition) is 3. The standard InChI is InChI=1S/C67H121N2O6P/c1-6-8-10-12-14-16-18-20-22-24-25-26-27-28-29-30-31-32-33-34-35-36-37-38-39-40-41-42-43-45-47-49-51-53-55-57-59-61-67(71)68-65(64-75-76(72,73)74-63-62-69(3,4)5)66(70)60-58-56-54-52-50-48-46-44-23-21-19-17-15-13-11-9-7-2/h8,10,14,16,20,22,25-26,28-29,31-32,34-35,37-38,65-66,70H,6-7,9,11-13,15,17-19,21,23-24,27,30,33,36,39-64H2,1-5H3,(H-,68,71,72,73)/p+1/b10-8-,16-14-,22-20-,26-25-,29-28-,32-31-,35-34-,38-37-. The molecule has 0 aliphatic carbocycles. The average Bonchev–Trinajstić information content (AvgIpc) is 3.38. The van der Waals surface area contributed by atoms with E-state index in [9.17, 15) is 19.4 Å². The van der Waals surface area contributed by atoms with E-state index in [2.05, 4.69) is 116 Å². The van der Waals surface area contributed by atoms with Gasteiger partial charge in [-0.25, -0.2) is 4.57 Å². The Balaban J connectivity index is 4.07. The summed E-state index contributed by atoms with van der Waals surface area (Å²) in [5.74, 6) is -0.148. The third-order valence-corrected chi connectivity index (χ3v) is 14.8. The van der Waals surface area contributed by atoms with Crippen LogP contribution in [0.4, 0.5) is 0 Å². The number of likely N-dealkylation sites (N-methyl/N-ethyl adjacent to an activating group) is 1.